The van der Waals surface area contributed by atoms with Crippen LogP contribution in [0.1, 0.15) is 43.4 Å². The number of nitrogens with one attached hydrogen (secondary N) is 1. The van der Waals surface area contributed by atoms with E-state index in [0.717, 1.165) is 41.8 Å². The van der Waals surface area contributed by atoms with Crippen LogP contribution in [0.5, 0.6) is 5.75 Å². The van der Waals surface area contributed by atoms with Crippen molar-refractivity contribution in [1.82, 2.24) is 10.2 Å². The molecule has 0 saturated carbocycles. The Morgan fingerprint density at radius 2 is 1.66 bits per heavy atom. The Hall–Kier alpha value is -3.76. The van der Waals surface area contributed by atoms with Crippen LogP contribution in [0, 0.1) is 0 Å². The molecule has 1 unspecified atom stereocenters. The summed E-state index contributed by atoms with van der Waals surface area (Å²) in [5.41, 5.74) is 2.79. The van der Waals surface area contributed by atoms with E-state index < -0.39 is 12.1 Å². The molecule has 11 heteroatoms. The Balaban J connectivity index is 0.000000505. The zero-order chi connectivity index (χ0) is 28.1. The number of carbonyl (C=O) groups excluding carboxylic acids is 2. The lowest BCUT2D eigenvalue weighted by Gasteiger charge is -2.46. The van der Waals surface area contributed by atoms with Gasteiger partial charge in [-0.3, -0.25) is 9.59 Å². The van der Waals surface area contributed by atoms with Crippen LogP contribution in [-0.2, 0) is 20.8 Å². The number of ether oxygens (including phenoxy) is 1. The molecular weight excluding hydrogens is 503 g/mol. The summed E-state index contributed by atoms with van der Waals surface area (Å²) in [5, 5.41) is 10.4. The Labute approximate surface area is 219 Å². The summed E-state index contributed by atoms with van der Waals surface area (Å²) in [5.74, 6) is -1.80. The van der Waals surface area contributed by atoms with Gasteiger partial charge in [0.2, 0.25) is 11.8 Å². The Morgan fingerprint density at radius 3 is 2.18 bits per heavy atom. The van der Waals surface area contributed by atoms with E-state index in [9.17, 15) is 22.8 Å². The number of anilines is 1. The fourth-order valence-corrected chi connectivity index (χ4v) is 4.63. The van der Waals surface area contributed by atoms with Crippen molar-refractivity contribution in [2.24, 2.45) is 0 Å². The Kier molecular flexibility index (Phi) is 8.90. The first-order valence-electron chi connectivity index (χ1n) is 12.2. The number of nitrogens with zero attached hydrogens (tertiary/aromatic N) is 2. The average molecular weight is 536 g/mol. The predicted octanol–water partition coefficient (Wildman–Crippen LogP) is 3.95. The third-order valence-electron chi connectivity index (χ3n) is 6.71. The van der Waals surface area contributed by atoms with Crippen LogP contribution in [0.3, 0.4) is 0 Å². The van der Waals surface area contributed by atoms with Crippen molar-refractivity contribution in [2.75, 3.05) is 32.1 Å². The lowest BCUT2D eigenvalue weighted by Crippen LogP contribution is -2.53. The molecule has 4 rings (SSSR count). The summed E-state index contributed by atoms with van der Waals surface area (Å²) in [7, 11) is 4.00. The van der Waals surface area contributed by atoms with Gasteiger partial charge >= 0.3 is 12.1 Å². The van der Waals surface area contributed by atoms with E-state index in [0.29, 0.717) is 19.5 Å². The number of carboxylic acid groups (broad SMARTS) is 1. The third-order valence-corrected chi connectivity index (χ3v) is 6.71. The van der Waals surface area contributed by atoms with Crippen LogP contribution in [0.15, 0.2) is 48.5 Å². The molecule has 1 fully saturated rings. The molecule has 206 valence electrons. The highest BCUT2D eigenvalue weighted by Crippen LogP contribution is 2.44. The minimum absolute atomic E-state index is 0.00984. The SMILES string of the molecule is CC(=O)N1CCC2(CC1)CC(NC(=O)Cc1ccc(N(C)C)cc1)c1ccccc1O2.O=C(O)C(F)(F)F. The number of likely N-dealkylation sites (tertiary alicyclic amines) is 1. The van der Waals surface area contributed by atoms with Crippen molar-refractivity contribution in [3.05, 3.63) is 59.7 Å². The normalized spacial score (nSPS) is 17.8. The maximum Gasteiger partial charge on any atom is 0.490 e. The van der Waals surface area contributed by atoms with Crippen molar-refractivity contribution < 1.29 is 37.4 Å². The molecule has 2 aromatic rings. The van der Waals surface area contributed by atoms with Gasteiger partial charge in [0.15, 0.2) is 0 Å². The summed E-state index contributed by atoms with van der Waals surface area (Å²) >= 11 is 0. The fourth-order valence-electron chi connectivity index (χ4n) is 4.63. The molecule has 8 nitrogen and oxygen atoms in total. The van der Waals surface area contributed by atoms with Gasteiger partial charge in [-0.1, -0.05) is 30.3 Å². The number of amides is 2. The number of piperidine rings is 1. The quantitative estimate of drug-likeness (QED) is 0.615. The van der Waals surface area contributed by atoms with E-state index in [1.165, 1.54) is 0 Å². The number of halogens is 3. The lowest BCUT2D eigenvalue weighted by molar-refractivity contribution is -0.192. The van der Waals surface area contributed by atoms with E-state index in [2.05, 4.69) is 5.32 Å². The number of benzene rings is 2. The molecule has 2 aliphatic heterocycles. The fraction of sp³-hybridized carbons (Fsp3) is 0.444. The number of fused-ring (bicyclic) bond motifs is 1. The monoisotopic (exact) mass is 535 g/mol. The number of hydrogen-bond donors (Lipinski definition) is 2. The van der Waals surface area contributed by atoms with Crippen LogP contribution >= 0.6 is 0 Å². The van der Waals surface area contributed by atoms with Gasteiger partial charge in [0.05, 0.1) is 12.5 Å². The smallest absolute Gasteiger partial charge is 0.487 e. The summed E-state index contributed by atoms with van der Waals surface area (Å²) in [6.45, 7) is 3.00. The molecule has 38 heavy (non-hydrogen) atoms. The number of para-hydroxylation sites is 1. The van der Waals surface area contributed by atoms with E-state index in [1.807, 2.05) is 72.4 Å². The van der Waals surface area contributed by atoms with Crippen molar-refractivity contribution in [1.29, 1.82) is 0 Å². The maximum atomic E-state index is 12.9. The second kappa shape index (κ2) is 11.7. The number of alkyl halides is 3. The van der Waals surface area contributed by atoms with Gasteiger partial charge in [-0.05, 0) is 23.8 Å². The summed E-state index contributed by atoms with van der Waals surface area (Å²) in [6.07, 6.45) is -2.46. The van der Waals surface area contributed by atoms with Gasteiger partial charge in [0.25, 0.3) is 0 Å². The van der Waals surface area contributed by atoms with E-state index in [-0.39, 0.29) is 23.5 Å². The van der Waals surface area contributed by atoms with E-state index in [4.69, 9.17) is 14.6 Å². The number of aliphatic carboxylic acids is 1. The lowest BCUT2D eigenvalue weighted by atomic mass is 9.80. The Bertz CT molecular complexity index is 1140. The first-order chi connectivity index (χ1) is 17.8. The first kappa shape index (κ1) is 28.8. The molecule has 1 spiro atoms. The van der Waals surface area contributed by atoms with Gasteiger partial charge in [0.1, 0.15) is 11.4 Å². The first-order valence-corrected chi connectivity index (χ1v) is 12.2. The number of rotatable bonds is 4. The van der Waals surface area contributed by atoms with Crippen LogP contribution < -0.4 is 15.0 Å². The number of carbonyl (C=O) groups is 3. The van der Waals surface area contributed by atoms with E-state index >= 15 is 0 Å². The predicted molar refractivity (Wildman–Crippen MR) is 135 cm³/mol. The minimum atomic E-state index is -5.08. The topological polar surface area (TPSA) is 99.2 Å². The second-order valence-corrected chi connectivity index (χ2v) is 9.69. The third kappa shape index (κ3) is 7.39. The van der Waals surface area contributed by atoms with Crippen LogP contribution in [0.4, 0.5) is 18.9 Å². The summed E-state index contributed by atoms with van der Waals surface area (Å²) < 4.78 is 38.2. The Morgan fingerprint density at radius 1 is 1.08 bits per heavy atom. The zero-order valence-electron chi connectivity index (χ0n) is 21.5. The number of hydrogen-bond acceptors (Lipinski definition) is 5. The molecule has 1 atom stereocenters. The molecule has 0 aromatic heterocycles. The van der Waals surface area contributed by atoms with Crippen LogP contribution in [0.25, 0.3) is 0 Å². The van der Waals surface area contributed by atoms with Crippen molar-refractivity contribution in [2.45, 2.75) is 50.4 Å². The molecule has 1 saturated heterocycles. The molecule has 0 bridgehead atoms. The highest BCUT2D eigenvalue weighted by atomic mass is 19.4. The average Bonchev–Trinajstić information content (AvgIpc) is 2.84. The highest BCUT2D eigenvalue weighted by Gasteiger charge is 2.44. The molecule has 2 aromatic carbocycles. The zero-order valence-corrected chi connectivity index (χ0v) is 21.5. The molecule has 2 amide bonds. The molecule has 0 aliphatic carbocycles. The van der Waals surface area contributed by atoms with Gasteiger partial charge in [0, 0.05) is 64.6 Å². The standard InChI is InChI=1S/C25H31N3O3.C2HF3O2/c1-18(29)28-14-12-25(13-15-28)17-22(21-6-4-5-7-23(21)31-25)26-24(30)16-19-8-10-20(11-9-19)27(2)3;3-2(4,5)1(6)7/h4-11,22H,12-17H2,1-3H3,(H,26,30);(H,6,7). The highest BCUT2D eigenvalue weighted by molar-refractivity contribution is 5.79. The molecular formula is C27H32F3N3O5. The van der Waals surface area contributed by atoms with Gasteiger partial charge < -0.3 is 25.0 Å². The van der Waals surface area contributed by atoms with Gasteiger partial charge in [-0.2, -0.15) is 13.2 Å². The van der Waals surface area contributed by atoms with Gasteiger partial charge in [-0.25, -0.2) is 4.79 Å². The van der Waals surface area contributed by atoms with Crippen LogP contribution in [0.2, 0.25) is 0 Å². The minimum Gasteiger partial charge on any atom is -0.487 e. The van der Waals surface area contributed by atoms with Crippen LogP contribution in [-0.4, -0.2) is 66.8 Å². The van der Waals surface area contributed by atoms with Crippen molar-refractivity contribution in [3.8, 4) is 5.75 Å². The van der Waals surface area contributed by atoms with Gasteiger partial charge in [-0.15, -0.1) is 0 Å². The molecule has 2 heterocycles. The summed E-state index contributed by atoms with van der Waals surface area (Å²) in [4.78, 5) is 37.5. The summed E-state index contributed by atoms with van der Waals surface area (Å²) in [6, 6.07) is 15.9. The molecule has 0 radical (unpaired) electrons. The second-order valence-electron chi connectivity index (χ2n) is 9.69. The van der Waals surface area contributed by atoms with E-state index in [1.54, 1.807) is 6.92 Å². The largest absolute Gasteiger partial charge is 0.490 e. The number of carboxylic acids is 1. The molecule has 2 N–H and O–H groups in total. The van der Waals surface area contributed by atoms with Crippen molar-refractivity contribution >= 4 is 23.5 Å². The maximum absolute atomic E-state index is 12.9. The van der Waals surface area contributed by atoms with Crippen molar-refractivity contribution in [3.63, 3.8) is 0 Å². The molecule has 2 aliphatic rings.